The predicted molar refractivity (Wildman–Crippen MR) is 91.2 cm³/mol. The van der Waals surface area contributed by atoms with Crippen LogP contribution in [0.3, 0.4) is 0 Å². The summed E-state index contributed by atoms with van der Waals surface area (Å²) in [7, 11) is 0. The quantitative estimate of drug-likeness (QED) is 0.705. The Morgan fingerprint density at radius 1 is 1.28 bits per heavy atom. The van der Waals surface area contributed by atoms with Crippen LogP contribution < -0.4 is 5.32 Å². The molecule has 0 saturated carbocycles. The van der Waals surface area contributed by atoms with Crippen molar-refractivity contribution in [3.63, 3.8) is 0 Å². The van der Waals surface area contributed by atoms with Crippen molar-refractivity contribution in [1.29, 1.82) is 0 Å². The minimum Gasteiger partial charge on any atom is -0.387 e. The molecule has 25 heavy (non-hydrogen) atoms. The number of halogens is 1. The maximum atomic E-state index is 13.1. The molecule has 1 atom stereocenters. The van der Waals surface area contributed by atoms with E-state index in [2.05, 4.69) is 20.3 Å². The topological polar surface area (TPSA) is 88.0 Å². The highest BCUT2D eigenvalue weighted by molar-refractivity contribution is 7.13. The number of nitrogens with one attached hydrogen (secondary N) is 1. The molecule has 0 aliphatic carbocycles. The van der Waals surface area contributed by atoms with Crippen molar-refractivity contribution in [3.05, 3.63) is 65.2 Å². The van der Waals surface area contributed by atoms with E-state index in [1.165, 1.54) is 29.5 Å². The summed E-state index contributed by atoms with van der Waals surface area (Å²) >= 11 is 1.36. The minimum absolute atomic E-state index is 0.00107. The van der Waals surface area contributed by atoms with Crippen LogP contribution in [0.5, 0.6) is 0 Å². The first-order valence-corrected chi connectivity index (χ1v) is 8.42. The zero-order valence-corrected chi connectivity index (χ0v) is 13.9. The molecule has 1 unspecified atom stereocenters. The number of rotatable bonds is 6. The molecule has 0 saturated heterocycles. The van der Waals surface area contributed by atoms with Gasteiger partial charge in [-0.2, -0.15) is 0 Å². The Hall–Kier alpha value is -2.71. The Morgan fingerprint density at radius 3 is 2.84 bits per heavy atom. The summed E-state index contributed by atoms with van der Waals surface area (Å²) in [6, 6.07) is 7.37. The van der Waals surface area contributed by atoms with Crippen molar-refractivity contribution in [2.45, 2.75) is 12.5 Å². The molecule has 0 fully saturated rings. The number of aromatic nitrogens is 3. The Balaban J connectivity index is 1.54. The van der Waals surface area contributed by atoms with E-state index in [-0.39, 0.29) is 18.9 Å². The highest BCUT2D eigenvalue weighted by atomic mass is 32.1. The van der Waals surface area contributed by atoms with Gasteiger partial charge in [0, 0.05) is 24.3 Å². The number of carbonyl (C=O) groups is 1. The van der Waals surface area contributed by atoms with Gasteiger partial charge in [0.15, 0.2) is 10.8 Å². The fourth-order valence-electron chi connectivity index (χ4n) is 2.17. The van der Waals surface area contributed by atoms with Gasteiger partial charge in [0.25, 0.3) is 0 Å². The van der Waals surface area contributed by atoms with Crippen molar-refractivity contribution in [2.75, 3.05) is 6.54 Å². The molecular weight excluding hydrogens is 343 g/mol. The fraction of sp³-hybridized carbons (Fsp3) is 0.176. The third kappa shape index (κ3) is 4.65. The molecule has 3 aromatic rings. The van der Waals surface area contributed by atoms with Crippen molar-refractivity contribution >= 4 is 17.2 Å². The van der Waals surface area contributed by atoms with E-state index in [0.717, 1.165) is 0 Å². The number of amides is 1. The van der Waals surface area contributed by atoms with Crippen LogP contribution in [-0.4, -0.2) is 32.5 Å². The molecular formula is C17H15FN4O2S. The van der Waals surface area contributed by atoms with Crippen LogP contribution in [0.1, 0.15) is 17.4 Å². The summed E-state index contributed by atoms with van der Waals surface area (Å²) in [5.74, 6) is -0.192. The number of thiazole rings is 1. The summed E-state index contributed by atoms with van der Waals surface area (Å²) in [6.45, 7) is 0.00107. The second-order valence-electron chi connectivity index (χ2n) is 5.27. The minimum atomic E-state index is -0.969. The molecule has 128 valence electrons. The van der Waals surface area contributed by atoms with Gasteiger partial charge in [-0.1, -0.05) is 12.1 Å². The molecule has 2 N–H and O–H groups in total. The van der Waals surface area contributed by atoms with Crippen molar-refractivity contribution in [1.82, 2.24) is 20.3 Å². The number of benzene rings is 1. The second kappa shape index (κ2) is 7.91. The van der Waals surface area contributed by atoms with Crippen LogP contribution in [0, 0.1) is 5.82 Å². The number of hydrogen-bond acceptors (Lipinski definition) is 6. The number of hydrogen-bond donors (Lipinski definition) is 2. The maximum Gasteiger partial charge on any atom is 0.226 e. The van der Waals surface area contributed by atoms with Crippen molar-refractivity contribution in [2.24, 2.45) is 0 Å². The highest BCUT2D eigenvalue weighted by Crippen LogP contribution is 2.19. The SMILES string of the molecule is O=C(Cc1csc(-c2ncccn2)n1)NCC(O)c1cccc(F)c1. The summed E-state index contributed by atoms with van der Waals surface area (Å²) in [4.78, 5) is 24.6. The van der Waals surface area contributed by atoms with Crippen LogP contribution in [0.15, 0.2) is 48.1 Å². The van der Waals surface area contributed by atoms with Gasteiger partial charge in [-0.15, -0.1) is 11.3 Å². The average molecular weight is 358 g/mol. The van der Waals surface area contributed by atoms with Gasteiger partial charge in [0.2, 0.25) is 5.91 Å². The van der Waals surface area contributed by atoms with Crippen LogP contribution in [-0.2, 0) is 11.2 Å². The van der Waals surface area contributed by atoms with Crippen molar-refractivity contribution in [3.8, 4) is 10.8 Å². The van der Waals surface area contributed by atoms with Crippen LogP contribution in [0.2, 0.25) is 0 Å². The van der Waals surface area contributed by atoms with Gasteiger partial charge in [-0.3, -0.25) is 4.79 Å². The molecule has 1 amide bonds. The molecule has 2 aromatic heterocycles. The molecule has 3 rings (SSSR count). The molecule has 6 nitrogen and oxygen atoms in total. The predicted octanol–water partition coefficient (Wildman–Crippen LogP) is 2.13. The van der Waals surface area contributed by atoms with E-state index in [1.807, 2.05) is 0 Å². The first-order valence-electron chi connectivity index (χ1n) is 7.54. The van der Waals surface area contributed by atoms with E-state index in [4.69, 9.17) is 0 Å². The Labute approximate surface area is 147 Å². The van der Waals surface area contributed by atoms with E-state index >= 15 is 0 Å². The number of aliphatic hydroxyl groups is 1. The highest BCUT2D eigenvalue weighted by Gasteiger charge is 2.13. The van der Waals surface area contributed by atoms with Gasteiger partial charge >= 0.3 is 0 Å². The van der Waals surface area contributed by atoms with Crippen molar-refractivity contribution < 1.29 is 14.3 Å². The lowest BCUT2D eigenvalue weighted by atomic mass is 10.1. The molecule has 2 heterocycles. The van der Waals surface area contributed by atoms with E-state index in [9.17, 15) is 14.3 Å². The first kappa shape index (κ1) is 17.1. The summed E-state index contributed by atoms with van der Waals surface area (Å²) in [6.07, 6.45) is 2.37. The van der Waals surface area contributed by atoms with E-state index in [0.29, 0.717) is 22.1 Å². The smallest absolute Gasteiger partial charge is 0.226 e. The largest absolute Gasteiger partial charge is 0.387 e. The van der Waals surface area contributed by atoms with Crippen LogP contribution in [0.4, 0.5) is 4.39 Å². The van der Waals surface area contributed by atoms with Gasteiger partial charge in [0.05, 0.1) is 18.2 Å². The van der Waals surface area contributed by atoms with Gasteiger partial charge < -0.3 is 10.4 Å². The zero-order chi connectivity index (χ0) is 17.6. The molecule has 8 heteroatoms. The normalized spacial score (nSPS) is 11.9. The third-order valence-corrected chi connectivity index (χ3v) is 4.26. The lowest BCUT2D eigenvalue weighted by Gasteiger charge is -2.12. The molecule has 0 aliphatic heterocycles. The summed E-state index contributed by atoms with van der Waals surface area (Å²) in [5.41, 5.74) is 1.02. The Kier molecular flexibility index (Phi) is 5.42. The molecule has 0 bridgehead atoms. The molecule has 0 aliphatic rings. The average Bonchev–Trinajstić information content (AvgIpc) is 3.09. The molecule has 1 aromatic carbocycles. The number of nitrogens with zero attached hydrogens (tertiary/aromatic N) is 3. The third-order valence-electron chi connectivity index (χ3n) is 3.38. The fourth-order valence-corrected chi connectivity index (χ4v) is 2.93. The van der Waals surface area contributed by atoms with Gasteiger partial charge in [-0.25, -0.2) is 19.3 Å². The zero-order valence-electron chi connectivity index (χ0n) is 13.1. The van der Waals surface area contributed by atoms with Crippen LogP contribution in [0.25, 0.3) is 10.8 Å². The second-order valence-corrected chi connectivity index (χ2v) is 6.13. The Morgan fingerprint density at radius 2 is 2.08 bits per heavy atom. The molecule has 0 spiro atoms. The van der Waals surface area contributed by atoms with Crippen LogP contribution >= 0.6 is 11.3 Å². The van der Waals surface area contributed by atoms with Gasteiger partial charge in [-0.05, 0) is 23.8 Å². The lowest BCUT2D eigenvalue weighted by Crippen LogP contribution is -2.29. The number of aliphatic hydroxyl groups excluding tert-OH is 1. The standard InChI is InChI=1S/C17H15FN4O2S/c18-12-4-1-3-11(7-12)14(23)9-21-15(24)8-13-10-25-17(22-13)16-19-5-2-6-20-16/h1-7,10,14,23H,8-9H2,(H,21,24). The summed E-state index contributed by atoms with van der Waals surface area (Å²) < 4.78 is 13.1. The van der Waals surface area contributed by atoms with E-state index in [1.54, 1.807) is 29.9 Å². The summed E-state index contributed by atoms with van der Waals surface area (Å²) in [5, 5.41) is 15.0. The Bertz CT molecular complexity index is 857. The van der Waals surface area contributed by atoms with Gasteiger partial charge in [0.1, 0.15) is 5.82 Å². The maximum absolute atomic E-state index is 13.1. The van der Waals surface area contributed by atoms with E-state index < -0.39 is 11.9 Å². The monoisotopic (exact) mass is 358 g/mol. The number of carbonyl (C=O) groups excluding carboxylic acids is 1. The molecule has 0 radical (unpaired) electrons. The first-order chi connectivity index (χ1) is 12.1. The lowest BCUT2D eigenvalue weighted by molar-refractivity contribution is -0.120.